The van der Waals surface area contributed by atoms with E-state index in [4.69, 9.17) is 0 Å². The largest absolute Gasteiger partial charge is 0.328 e. The fraction of sp³-hybridized carbons (Fsp3) is 0.154. The molecule has 0 aliphatic rings. The van der Waals surface area contributed by atoms with E-state index < -0.39 is 16.2 Å². The van der Waals surface area contributed by atoms with Crippen molar-refractivity contribution in [2.24, 2.45) is 0 Å². The van der Waals surface area contributed by atoms with E-state index in [2.05, 4.69) is 10.3 Å². The van der Waals surface area contributed by atoms with E-state index in [-0.39, 0.29) is 24.6 Å². The summed E-state index contributed by atoms with van der Waals surface area (Å²) >= 11 is 0. The van der Waals surface area contributed by atoms with Crippen LogP contribution in [0.4, 0.5) is 11.4 Å². The summed E-state index contributed by atoms with van der Waals surface area (Å²) in [7, 11) is 0. The van der Waals surface area contributed by atoms with E-state index in [0.717, 1.165) is 0 Å². The highest BCUT2D eigenvalue weighted by Gasteiger charge is 2.07. The molecule has 0 radical (unpaired) electrons. The van der Waals surface area contributed by atoms with Gasteiger partial charge in [0.2, 0.25) is 5.91 Å². The van der Waals surface area contributed by atoms with Crippen LogP contribution in [-0.4, -0.2) is 20.4 Å². The molecule has 0 atom stereocenters. The summed E-state index contributed by atoms with van der Waals surface area (Å²) in [4.78, 5) is 46.1. The van der Waals surface area contributed by atoms with Crippen LogP contribution >= 0.6 is 0 Å². The zero-order valence-corrected chi connectivity index (χ0v) is 11.3. The minimum Gasteiger partial charge on any atom is -0.326 e. The number of benzene rings is 1. The van der Waals surface area contributed by atoms with Crippen LogP contribution in [0.3, 0.4) is 0 Å². The minimum absolute atomic E-state index is 0.0168. The smallest absolute Gasteiger partial charge is 0.326 e. The Bertz CT molecular complexity index is 806. The van der Waals surface area contributed by atoms with Gasteiger partial charge in [-0.3, -0.25) is 24.7 Å². The molecule has 0 spiro atoms. The second-order valence-electron chi connectivity index (χ2n) is 4.41. The van der Waals surface area contributed by atoms with Crippen molar-refractivity contribution in [3.05, 3.63) is 67.5 Å². The highest BCUT2D eigenvalue weighted by atomic mass is 16.6. The van der Waals surface area contributed by atoms with Crippen LogP contribution in [0.5, 0.6) is 0 Å². The summed E-state index contributed by atoms with van der Waals surface area (Å²) in [5.74, 6) is -0.355. The molecule has 1 aromatic heterocycles. The van der Waals surface area contributed by atoms with Gasteiger partial charge in [-0.2, -0.15) is 0 Å². The molecule has 2 rings (SSSR count). The summed E-state index contributed by atoms with van der Waals surface area (Å²) in [5, 5.41) is 13.1. The fourth-order valence-electron chi connectivity index (χ4n) is 1.73. The Balaban J connectivity index is 1.94. The fourth-order valence-corrected chi connectivity index (χ4v) is 1.73. The van der Waals surface area contributed by atoms with Crippen molar-refractivity contribution in [2.45, 2.75) is 13.0 Å². The molecule has 2 aromatic rings. The number of hydrogen-bond acceptors (Lipinski definition) is 5. The van der Waals surface area contributed by atoms with Crippen LogP contribution in [0.1, 0.15) is 6.42 Å². The number of anilines is 1. The standard InChI is InChI=1S/C13H12N4O5/c18-11(5-7-16-8-6-12(19)15-13(16)20)14-9-1-3-10(4-2-9)17(21)22/h1-4,6,8H,5,7H2,(H,14,18)(H,15,19,20). The van der Waals surface area contributed by atoms with Crippen LogP contribution in [0.15, 0.2) is 46.1 Å². The first-order valence-electron chi connectivity index (χ1n) is 6.30. The van der Waals surface area contributed by atoms with E-state index >= 15 is 0 Å². The Morgan fingerprint density at radius 1 is 1.23 bits per heavy atom. The minimum atomic E-state index is -0.587. The van der Waals surface area contributed by atoms with Crippen LogP contribution in [0.2, 0.25) is 0 Å². The van der Waals surface area contributed by atoms with E-state index in [1.54, 1.807) is 0 Å². The lowest BCUT2D eigenvalue weighted by Crippen LogP contribution is -2.29. The maximum atomic E-state index is 11.8. The van der Waals surface area contributed by atoms with Crippen LogP contribution in [-0.2, 0) is 11.3 Å². The average molecular weight is 304 g/mol. The Morgan fingerprint density at radius 3 is 2.50 bits per heavy atom. The van der Waals surface area contributed by atoms with Crippen molar-refractivity contribution in [3.8, 4) is 0 Å². The van der Waals surface area contributed by atoms with Gasteiger partial charge >= 0.3 is 5.69 Å². The number of hydrogen-bond donors (Lipinski definition) is 2. The SMILES string of the molecule is O=C(CCn1ccc(=O)[nH]c1=O)Nc1ccc([N+](=O)[O-])cc1. The quantitative estimate of drug-likeness (QED) is 0.613. The number of H-pyrrole nitrogens is 1. The van der Waals surface area contributed by atoms with Gasteiger partial charge in [-0.15, -0.1) is 0 Å². The molecule has 1 amide bonds. The van der Waals surface area contributed by atoms with Gasteiger partial charge in [-0.05, 0) is 12.1 Å². The molecule has 9 nitrogen and oxygen atoms in total. The number of nitro groups is 1. The second-order valence-corrected chi connectivity index (χ2v) is 4.41. The summed E-state index contributed by atoms with van der Waals surface area (Å²) in [5.41, 5.74) is -0.741. The number of rotatable bonds is 5. The van der Waals surface area contributed by atoms with Crippen LogP contribution < -0.4 is 16.6 Å². The molecule has 0 aliphatic heterocycles. The zero-order chi connectivity index (χ0) is 16.1. The van der Waals surface area contributed by atoms with Gasteiger partial charge in [0.25, 0.3) is 11.2 Å². The van der Waals surface area contributed by atoms with Crippen molar-refractivity contribution in [2.75, 3.05) is 5.32 Å². The molecule has 0 unspecified atom stereocenters. The summed E-state index contributed by atoms with van der Waals surface area (Å²) in [6.07, 6.45) is 1.32. The van der Waals surface area contributed by atoms with Crippen molar-refractivity contribution >= 4 is 17.3 Å². The van der Waals surface area contributed by atoms with Crippen molar-refractivity contribution in [3.63, 3.8) is 0 Å². The van der Waals surface area contributed by atoms with E-state index in [9.17, 15) is 24.5 Å². The predicted octanol–water partition coefficient (Wildman–Crippen LogP) is 0.474. The molecule has 0 saturated heterocycles. The molecule has 0 fully saturated rings. The van der Waals surface area contributed by atoms with Crippen LogP contribution in [0, 0.1) is 10.1 Å². The third-order valence-corrected chi connectivity index (χ3v) is 2.84. The maximum absolute atomic E-state index is 11.8. The molecule has 1 aromatic carbocycles. The molecule has 0 saturated carbocycles. The second kappa shape index (κ2) is 6.48. The maximum Gasteiger partial charge on any atom is 0.328 e. The number of amides is 1. The number of nitrogens with one attached hydrogen (secondary N) is 2. The first-order chi connectivity index (χ1) is 10.5. The number of carbonyl (C=O) groups is 1. The number of aromatic nitrogens is 2. The predicted molar refractivity (Wildman–Crippen MR) is 77.7 cm³/mol. The van der Waals surface area contributed by atoms with Gasteiger partial charge in [0, 0.05) is 43.0 Å². The van der Waals surface area contributed by atoms with Gasteiger partial charge in [0.05, 0.1) is 4.92 Å². The molecule has 22 heavy (non-hydrogen) atoms. The Morgan fingerprint density at radius 2 is 1.91 bits per heavy atom. The number of nitro benzene ring substituents is 1. The van der Waals surface area contributed by atoms with Gasteiger partial charge < -0.3 is 9.88 Å². The van der Waals surface area contributed by atoms with Gasteiger partial charge in [-0.1, -0.05) is 0 Å². The number of aryl methyl sites for hydroxylation is 1. The average Bonchev–Trinajstić information content (AvgIpc) is 2.47. The monoisotopic (exact) mass is 304 g/mol. The third kappa shape index (κ3) is 3.88. The zero-order valence-electron chi connectivity index (χ0n) is 11.3. The molecule has 114 valence electrons. The highest BCUT2D eigenvalue weighted by Crippen LogP contribution is 2.15. The van der Waals surface area contributed by atoms with Crippen molar-refractivity contribution in [1.82, 2.24) is 9.55 Å². The third-order valence-electron chi connectivity index (χ3n) is 2.84. The number of nitrogens with zero attached hydrogens (tertiary/aromatic N) is 2. The van der Waals surface area contributed by atoms with Crippen LogP contribution in [0.25, 0.3) is 0 Å². The molecule has 1 heterocycles. The number of aromatic amines is 1. The lowest BCUT2D eigenvalue weighted by atomic mass is 10.2. The molecular formula is C13H12N4O5. The molecular weight excluding hydrogens is 292 g/mol. The van der Waals surface area contributed by atoms with Gasteiger partial charge in [0.1, 0.15) is 0 Å². The molecule has 9 heteroatoms. The summed E-state index contributed by atoms with van der Waals surface area (Å²) in [6, 6.07) is 6.59. The Labute approximate surface area is 123 Å². The van der Waals surface area contributed by atoms with Gasteiger partial charge in [0.15, 0.2) is 0 Å². The van der Waals surface area contributed by atoms with Crippen molar-refractivity contribution in [1.29, 1.82) is 0 Å². The van der Waals surface area contributed by atoms with Crippen molar-refractivity contribution < 1.29 is 9.72 Å². The lowest BCUT2D eigenvalue weighted by molar-refractivity contribution is -0.384. The molecule has 0 bridgehead atoms. The Hall–Kier alpha value is -3.23. The van der Waals surface area contributed by atoms with E-state index in [1.807, 2.05) is 0 Å². The first kappa shape index (κ1) is 15.2. The highest BCUT2D eigenvalue weighted by molar-refractivity contribution is 5.90. The topological polar surface area (TPSA) is 127 Å². The van der Waals surface area contributed by atoms with E-state index in [1.165, 1.54) is 41.1 Å². The number of non-ortho nitro benzene ring substituents is 1. The summed E-state index contributed by atoms with van der Waals surface area (Å²) in [6.45, 7) is 0.106. The molecule has 0 aliphatic carbocycles. The lowest BCUT2D eigenvalue weighted by Gasteiger charge is -2.06. The Kier molecular flexibility index (Phi) is 4.47. The van der Waals surface area contributed by atoms with Gasteiger partial charge in [-0.25, -0.2) is 4.79 Å². The number of carbonyl (C=O) groups excluding carboxylic acids is 1. The normalized spacial score (nSPS) is 10.2. The molecule has 2 N–H and O–H groups in total. The van der Waals surface area contributed by atoms with E-state index in [0.29, 0.717) is 5.69 Å². The first-order valence-corrected chi connectivity index (χ1v) is 6.30. The summed E-state index contributed by atoms with van der Waals surface area (Å²) < 4.78 is 1.21.